The van der Waals surface area contributed by atoms with Crippen LogP contribution in [0.1, 0.15) is 33.1 Å². The quantitative estimate of drug-likeness (QED) is 0.721. The third-order valence-electron chi connectivity index (χ3n) is 2.86. The van der Waals surface area contributed by atoms with E-state index in [1.807, 2.05) is 6.92 Å². The first kappa shape index (κ1) is 13.4. The molecule has 0 radical (unpaired) electrons. The highest BCUT2D eigenvalue weighted by Crippen LogP contribution is 2.22. The first-order valence-corrected chi connectivity index (χ1v) is 7.38. The molecule has 1 amide bonds. The molecule has 0 aliphatic carbocycles. The summed E-state index contributed by atoms with van der Waals surface area (Å²) in [5.74, 6) is -0.0846. The summed E-state index contributed by atoms with van der Waals surface area (Å²) < 4.78 is 22.7. The van der Waals surface area contributed by atoms with Crippen LogP contribution in [0.25, 0.3) is 0 Å². The van der Waals surface area contributed by atoms with Crippen LogP contribution in [0, 0.1) is 0 Å². The van der Waals surface area contributed by atoms with Crippen LogP contribution in [0.15, 0.2) is 0 Å². The molecule has 1 heterocycles. The third-order valence-corrected chi connectivity index (χ3v) is 4.77. The van der Waals surface area contributed by atoms with E-state index in [4.69, 9.17) is 5.73 Å². The molecule has 0 aromatic carbocycles. The average molecular weight is 248 g/mol. The van der Waals surface area contributed by atoms with Crippen LogP contribution in [0.5, 0.6) is 0 Å². The van der Waals surface area contributed by atoms with Gasteiger partial charge in [-0.05, 0) is 19.8 Å². The Morgan fingerprint density at radius 2 is 2.19 bits per heavy atom. The van der Waals surface area contributed by atoms with Crippen molar-refractivity contribution < 1.29 is 13.2 Å². The molecule has 1 aliphatic heterocycles. The van der Waals surface area contributed by atoms with Crippen molar-refractivity contribution in [3.8, 4) is 0 Å². The highest BCUT2D eigenvalue weighted by Gasteiger charge is 2.39. The van der Waals surface area contributed by atoms with E-state index in [-0.39, 0.29) is 17.4 Å². The maximum absolute atomic E-state index is 11.7. The van der Waals surface area contributed by atoms with Crippen LogP contribution < -0.4 is 11.1 Å². The van der Waals surface area contributed by atoms with E-state index in [0.29, 0.717) is 12.8 Å². The van der Waals surface area contributed by atoms with Gasteiger partial charge < -0.3 is 11.1 Å². The number of sulfone groups is 1. The zero-order valence-electron chi connectivity index (χ0n) is 9.82. The van der Waals surface area contributed by atoms with Gasteiger partial charge in [0.1, 0.15) is 0 Å². The van der Waals surface area contributed by atoms with Crippen molar-refractivity contribution in [1.29, 1.82) is 0 Å². The van der Waals surface area contributed by atoms with Gasteiger partial charge in [0.25, 0.3) is 0 Å². The van der Waals surface area contributed by atoms with Gasteiger partial charge in [0.2, 0.25) is 5.91 Å². The zero-order chi connectivity index (χ0) is 12.4. The minimum absolute atomic E-state index is 0.0184. The second kappa shape index (κ2) is 4.71. The number of nitrogens with one attached hydrogen (secondary N) is 1. The van der Waals surface area contributed by atoms with Crippen LogP contribution in [-0.4, -0.2) is 37.4 Å². The molecule has 6 heteroatoms. The zero-order valence-corrected chi connectivity index (χ0v) is 10.6. The molecule has 1 saturated heterocycles. The SMILES string of the molecule is CCC[C@@H](N)C(=O)NC1(C)CCS(=O)(=O)C1. The number of amides is 1. The van der Waals surface area contributed by atoms with Gasteiger partial charge >= 0.3 is 0 Å². The Labute approximate surface area is 96.7 Å². The molecule has 3 N–H and O–H groups in total. The number of nitrogens with two attached hydrogens (primary N) is 1. The lowest BCUT2D eigenvalue weighted by molar-refractivity contribution is -0.124. The van der Waals surface area contributed by atoms with Crippen LogP contribution in [0.2, 0.25) is 0 Å². The summed E-state index contributed by atoms with van der Waals surface area (Å²) in [6, 6.07) is -0.537. The molecular formula is C10H20N2O3S. The molecular weight excluding hydrogens is 228 g/mol. The molecule has 0 aromatic heterocycles. The van der Waals surface area contributed by atoms with E-state index in [1.54, 1.807) is 6.92 Å². The number of carbonyl (C=O) groups is 1. The maximum Gasteiger partial charge on any atom is 0.237 e. The molecule has 1 unspecified atom stereocenters. The van der Waals surface area contributed by atoms with Gasteiger partial charge in [-0.15, -0.1) is 0 Å². The molecule has 16 heavy (non-hydrogen) atoms. The van der Waals surface area contributed by atoms with Crippen molar-refractivity contribution >= 4 is 15.7 Å². The number of hydrogen-bond donors (Lipinski definition) is 2. The molecule has 2 atom stereocenters. The normalized spacial score (nSPS) is 29.9. The predicted octanol–water partition coefficient (Wildman–Crippen LogP) is -0.193. The Bertz CT molecular complexity index is 366. The topological polar surface area (TPSA) is 89.3 Å². The van der Waals surface area contributed by atoms with Gasteiger partial charge in [0.15, 0.2) is 9.84 Å². The van der Waals surface area contributed by atoms with Crippen molar-refractivity contribution in [2.24, 2.45) is 5.73 Å². The van der Waals surface area contributed by atoms with Gasteiger partial charge in [-0.25, -0.2) is 8.42 Å². The fraction of sp³-hybridized carbons (Fsp3) is 0.900. The second-order valence-corrected chi connectivity index (χ2v) is 6.97. The van der Waals surface area contributed by atoms with E-state index in [9.17, 15) is 13.2 Å². The molecule has 0 spiro atoms. The summed E-state index contributed by atoms with van der Waals surface area (Å²) >= 11 is 0. The van der Waals surface area contributed by atoms with E-state index < -0.39 is 21.4 Å². The first-order chi connectivity index (χ1) is 7.28. The standard InChI is InChI=1S/C10H20N2O3S/c1-3-4-8(11)9(13)12-10(2)5-6-16(14,15)7-10/h8H,3-7,11H2,1-2H3,(H,12,13)/t8-,10?/m1/s1. The highest BCUT2D eigenvalue weighted by molar-refractivity contribution is 7.91. The lowest BCUT2D eigenvalue weighted by atomic mass is 10.0. The van der Waals surface area contributed by atoms with E-state index in [2.05, 4.69) is 5.32 Å². The summed E-state index contributed by atoms with van der Waals surface area (Å²) in [6.07, 6.45) is 1.93. The van der Waals surface area contributed by atoms with Gasteiger partial charge in [-0.2, -0.15) is 0 Å². The predicted molar refractivity (Wildman–Crippen MR) is 62.7 cm³/mol. The molecule has 0 saturated carbocycles. The number of carbonyl (C=O) groups excluding carboxylic acids is 1. The van der Waals surface area contributed by atoms with Gasteiger partial charge in [0, 0.05) is 0 Å². The summed E-state index contributed by atoms with van der Waals surface area (Å²) in [5.41, 5.74) is 5.03. The molecule has 1 aliphatic rings. The maximum atomic E-state index is 11.7. The fourth-order valence-corrected chi connectivity index (χ4v) is 4.03. The summed E-state index contributed by atoms with van der Waals surface area (Å²) in [6.45, 7) is 3.71. The molecule has 1 fully saturated rings. The van der Waals surface area contributed by atoms with Crippen molar-refractivity contribution in [3.05, 3.63) is 0 Å². The smallest absolute Gasteiger partial charge is 0.237 e. The Morgan fingerprint density at radius 3 is 2.62 bits per heavy atom. The van der Waals surface area contributed by atoms with Crippen LogP contribution in [0.3, 0.4) is 0 Å². The monoisotopic (exact) mass is 248 g/mol. The lowest BCUT2D eigenvalue weighted by Crippen LogP contribution is -2.52. The Kier molecular flexibility index (Phi) is 3.96. The Morgan fingerprint density at radius 1 is 1.56 bits per heavy atom. The van der Waals surface area contributed by atoms with Gasteiger partial charge in [-0.1, -0.05) is 13.3 Å². The lowest BCUT2D eigenvalue weighted by Gasteiger charge is -2.25. The fourth-order valence-electron chi connectivity index (χ4n) is 1.94. The van der Waals surface area contributed by atoms with Crippen molar-refractivity contribution in [2.75, 3.05) is 11.5 Å². The van der Waals surface area contributed by atoms with Crippen LogP contribution >= 0.6 is 0 Å². The minimum Gasteiger partial charge on any atom is -0.349 e. The minimum atomic E-state index is -2.99. The Hall–Kier alpha value is -0.620. The van der Waals surface area contributed by atoms with E-state index in [0.717, 1.165) is 6.42 Å². The average Bonchev–Trinajstić information content (AvgIpc) is 2.40. The van der Waals surface area contributed by atoms with E-state index >= 15 is 0 Å². The molecule has 94 valence electrons. The van der Waals surface area contributed by atoms with Crippen molar-refractivity contribution in [3.63, 3.8) is 0 Å². The summed E-state index contributed by atoms with van der Waals surface area (Å²) in [7, 11) is -2.99. The molecule has 0 bridgehead atoms. The summed E-state index contributed by atoms with van der Waals surface area (Å²) in [4.78, 5) is 11.7. The highest BCUT2D eigenvalue weighted by atomic mass is 32.2. The van der Waals surface area contributed by atoms with Crippen molar-refractivity contribution in [1.82, 2.24) is 5.32 Å². The molecule has 0 aromatic rings. The van der Waals surface area contributed by atoms with E-state index in [1.165, 1.54) is 0 Å². The van der Waals surface area contributed by atoms with Crippen LogP contribution in [0.4, 0.5) is 0 Å². The second-order valence-electron chi connectivity index (χ2n) is 4.79. The largest absolute Gasteiger partial charge is 0.349 e. The van der Waals surface area contributed by atoms with Crippen molar-refractivity contribution in [2.45, 2.75) is 44.7 Å². The van der Waals surface area contributed by atoms with Gasteiger partial charge in [-0.3, -0.25) is 4.79 Å². The Balaban J connectivity index is 2.58. The van der Waals surface area contributed by atoms with Crippen LogP contribution in [-0.2, 0) is 14.6 Å². The molecule has 5 nitrogen and oxygen atoms in total. The number of rotatable bonds is 4. The first-order valence-electron chi connectivity index (χ1n) is 5.56. The summed E-state index contributed by atoms with van der Waals surface area (Å²) in [5, 5.41) is 2.75. The number of hydrogen-bond acceptors (Lipinski definition) is 4. The van der Waals surface area contributed by atoms with Gasteiger partial charge in [0.05, 0.1) is 23.1 Å². The molecule has 1 rings (SSSR count). The third kappa shape index (κ3) is 3.45.